The number of alkyl halides is 3. The normalized spacial score (nSPS) is 17.4. The summed E-state index contributed by atoms with van der Waals surface area (Å²) in [5, 5.41) is 7.90. The quantitative estimate of drug-likeness (QED) is 0.115. The van der Waals surface area contributed by atoms with Gasteiger partial charge in [0, 0.05) is 50.6 Å². The molecular formula is C32H43F4N7O3Si. The van der Waals surface area contributed by atoms with E-state index in [0.29, 0.717) is 19.4 Å². The van der Waals surface area contributed by atoms with Crippen molar-refractivity contribution in [3.8, 4) is 11.4 Å². The van der Waals surface area contributed by atoms with Crippen molar-refractivity contribution < 1.29 is 31.8 Å². The van der Waals surface area contributed by atoms with Gasteiger partial charge in [0.2, 0.25) is 0 Å². The first-order chi connectivity index (χ1) is 21.7. The van der Waals surface area contributed by atoms with Crippen LogP contribution in [0.3, 0.4) is 0 Å². The number of likely N-dealkylation sites (tertiary alicyclic amines) is 1. The summed E-state index contributed by atoms with van der Waals surface area (Å²) in [5.74, 6) is -0.560. The number of hydrogen-bond donors (Lipinski definition) is 1. The predicted molar refractivity (Wildman–Crippen MR) is 174 cm³/mol. The molecule has 3 aromatic heterocycles. The molecule has 10 nitrogen and oxygen atoms in total. The molecule has 256 valence electrons. The number of para-hydroxylation sites is 1. The summed E-state index contributed by atoms with van der Waals surface area (Å²) in [4.78, 5) is 23.5. The van der Waals surface area contributed by atoms with Crippen LogP contribution in [0.5, 0.6) is 0 Å². The van der Waals surface area contributed by atoms with Gasteiger partial charge in [0.05, 0.1) is 0 Å². The summed E-state index contributed by atoms with van der Waals surface area (Å²) in [5.41, 5.74) is -2.94. The number of piperidine rings is 1. The molecule has 0 radical (unpaired) electrons. The molecule has 1 N–H and O–H groups in total. The van der Waals surface area contributed by atoms with Crippen LogP contribution in [-0.4, -0.2) is 73.5 Å². The smallest absolute Gasteiger partial charge is 0.434 e. The van der Waals surface area contributed by atoms with E-state index in [-0.39, 0.29) is 47.4 Å². The first-order valence-corrected chi connectivity index (χ1v) is 19.4. The first kappa shape index (κ1) is 34.6. The molecule has 1 aliphatic heterocycles. The minimum absolute atomic E-state index is 0.0215. The van der Waals surface area contributed by atoms with Crippen molar-refractivity contribution in [2.45, 2.75) is 103 Å². The van der Waals surface area contributed by atoms with E-state index >= 15 is 4.39 Å². The third kappa shape index (κ3) is 7.56. The van der Waals surface area contributed by atoms with E-state index in [1.165, 1.54) is 35.3 Å². The highest BCUT2D eigenvalue weighted by Gasteiger charge is 2.42. The average Bonchev–Trinajstić information content (AvgIpc) is 3.55. The number of ether oxygens (including phenoxy) is 2. The first-order valence-electron chi connectivity index (χ1n) is 15.7. The molecule has 1 fully saturated rings. The van der Waals surface area contributed by atoms with Crippen molar-refractivity contribution in [2.75, 3.05) is 18.5 Å². The highest BCUT2D eigenvalue weighted by atomic mass is 28.3. The van der Waals surface area contributed by atoms with Crippen LogP contribution in [0.1, 0.15) is 53.2 Å². The molecule has 0 aliphatic carbocycles. The zero-order valence-electron chi connectivity index (χ0n) is 28.1. The molecule has 1 aromatic carbocycles. The summed E-state index contributed by atoms with van der Waals surface area (Å²) in [7, 11) is -1.42. The van der Waals surface area contributed by atoms with Crippen LogP contribution in [0.15, 0.2) is 30.6 Å². The van der Waals surface area contributed by atoms with Crippen molar-refractivity contribution in [1.82, 2.24) is 29.0 Å². The number of carbonyl (C=O) groups excluding carboxylic acids is 1. The highest BCUT2D eigenvalue weighted by molar-refractivity contribution is 6.76. The van der Waals surface area contributed by atoms with Crippen LogP contribution in [0, 0.1) is 5.82 Å². The molecule has 0 saturated carbocycles. The van der Waals surface area contributed by atoms with E-state index in [0.717, 1.165) is 10.4 Å². The molecule has 4 aromatic rings. The molecule has 1 amide bonds. The second-order valence-corrected chi connectivity index (χ2v) is 20.5. The lowest BCUT2D eigenvalue weighted by Crippen LogP contribution is -2.57. The summed E-state index contributed by atoms with van der Waals surface area (Å²) in [6, 6.07) is 4.67. The van der Waals surface area contributed by atoms with Crippen molar-refractivity contribution in [1.29, 1.82) is 0 Å². The molecule has 4 heterocycles. The van der Waals surface area contributed by atoms with Gasteiger partial charge < -0.3 is 19.7 Å². The van der Waals surface area contributed by atoms with Crippen LogP contribution in [0.25, 0.3) is 27.9 Å². The number of carbonyl (C=O) groups is 1. The molecule has 15 heteroatoms. The Morgan fingerprint density at radius 3 is 2.53 bits per heavy atom. The van der Waals surface area contributed by atoms with Crippen LogP contribution in [-0.2, 0) is 22.4 Å². The summed E-state index contributed by atoms with van der Waals surface area (Å²) < 4.78 is 73.4. The van der Waals surface area contributed by atoms with Crippen LogP contribution >= 0.6 is 0 Å². The number of benzene rings is 1. The fourth-order valence-corrected chi connectivity index (χ4v) is 6.44. The minimum Gasteiger partial charge on any atom is -0.444 e. The van der Waals surface area contributed by atoms with E-state index in [1.54, 1.807) is 25.7 Å². The second kappa shape index (κ2) is 12.4. The van der Waals surface area contributed by atoms with Gasteiger partial charge in [-0.05, 0) is 59.6 Å². The summed E-state index contributed by atoms with van der Waals surface area (Å²) >= 11 is 0. The third-order valence-electron chi connectivity index (χ3n) is 8.16. The monoisotopic (exact) mass is 677 g/mol. The molecule has 0 unspecified atom stereocenters. The molecule has 0 bridgehead atoms. The van der Waals surface area contributed by atoms with E-state index in [4.69, 9.17) is 9.47 Å². The minimum atomic E-state index is -4.86. The van der Waals surface area contributed by atoms with Gasteiger partial charge in [-0.15, -0.1) is 0 Å². The number of fused-ring (bicyclic) bond motifs is 2. The van der Waals surface area contributed by atoms with Crippen LogP contribution in [0.2, 0.25) is 25.7 Å². The average molecular weight is 678 g/mol. The van der Waals surface area contributed by atoms with Gasteiger partial charge in [0.25, 0.3) is 0 Å². The fourth-order valence-electron chi connectivity index (χ4n) is 5.68. The lowest BCUT2D eigenvalue weighted by atomic mass is 9.88. The van der Waals surface area contributed by atoms with Crippen LogP contribution < -0.4 is 5.32 Å². The van der Waals surface area contributed by atoms with Crippen molar-refractivity contribution in [3.63, 3.8) is 0 Å². The Morgan fingerprint density at radius 1 is 1.15 bits per heavy atom. The number of nitrogens with one attached hydrogen (secondary N) is 1. The SMILES string of the molecule is CC(C)(C)OC(=O)N1C[C@@H](Nc2nc(-c3nn(COCC[Si](C)(C)C)c4c(F)cccc34)c(C(F)(F)F)n3ccnc23)CCC1(C)C. The molecular weight excluding hydrogens is 634 g/mol. The van der Waals surface area contributed by atoms with E-state index in [9.17, 15) is 18.0 Å². The molecule has 5 rings (SSSR count). The summed E-state index contributed by atoms with van der Waals surface area (Å²) in [6.07, 6.45) is -1.65. The van der Waals surface area contributed by atoms with Gasteiger partial charge in [-0.3, -0.25) is 4.40 Å². The maximum absolute atomic E-state index is 15.2. The van der Waals surface area contributed by atoms with Gasteiger partial charge >= 0.3 is 12.3 Å². The fraction of sp³-hybridized carbons (Fsp3) is 0.562. The van der Waals surface area contributed by atoms with Gasteiger partial charge in [-0.1, -0.05) is 31.8 Å². The highest BCUT2D eigenvalue weighted by Crippen LogP contribution is 2.41. The third-order valence-corrected chi connectivity index (χ3v) is 9.86. The van der Waals surface area contributed by atoms with Gasteiger partial charge in [0.1, 0.15) is 35.1 Å². The van der Waals surface area contributed by atoms with Gasteiger partial charge in [-0.2, -0.15) is 18.3 Å². The molecule has 1 saturated heterocycles. The van der Waals surface area contributed by atoms with Gasteiger partial charge in [-0.25, -0.2) is 23.8 Å². The lowest BCUT2D eigenvalue weighted by molar-refractivity contribution is -0.141. The number of nitrogens with zero attached hydrogens (tertiary/aromatic N) is 6. The topological polar surface area (TPSA) is 98.8 Å². The number of imidazole rings is 1. The number of hydrogen-bond acceptors (Lipinski definition) is 7. The summed E-state index contributed by atoms with van der Waals surface area (Å²) in [6.45, 7) is 16.4. The van der Waals surface area contributed by atoms with Crippen molar-refractivity contribution >= 4 is 36.5 Å². The molecule has 47 heavy (non-hydrogen) atoms. The second-order valence-electron chi connectivity index (χ2n) is 14.9. The Bertz CT molecular complexity index is 1770. The molecule has 1 aliphatic rings. The standard InChI is InChI=1S/C32H43F4N7O3Si/c1-30(2,3)46-29(44)42-18-20(12-13-31(42,4)5)38-27-28-37-14-15-41(28)26(32(34,35)36)24(39-27)23-21-10-9-11-22(33)25(21)43(40-23)19-45-16-17-47(6,7)8/h9-11,14-15,20H,12-13,16-19H2,1-8H3,(H,38,39)/t20-/m0/s1. The number of aromatic nitrogens is 5. The van der Waals surface area contributed by atoms with Crippen molar-refractivity contribution in [2.24, 2.45) is 0 Å². The number of anilines is 1. The number of rotatable bonds is 8. The Labute approximate surface area is 272 Å². The Kier molecular flexibility index (Phi) is 9.12. The van der Waals surface area contributed by atoms with E-state index < -0.39 is 48.7 Å². The lowest BCUT2D eigenvalue weighted by Gasteiger charge is -2.45. The predicted octanol–water partition coefficient (Wildman–Crippen LogP) is 7.81. The Hall–Kier alpha value is -3.72. The van der Waals surface area contributed by atoms with Crippen LogP contribution in [0.4, 0.5) is 28.2 Å². The zero-order valence-corrected chi connectivity index (χ0v) is 29.1. The molecule has 1 atom stereocenters. The number of halogens is 4. The molecule has 0 spiro atoms. The maximum atomic E-state index is 15.2. The Morgan fingerprint density at radius 2 is 1.87 bits per heavy atom. The van der Waals surface area contributed by atoms with E-state index in [2.05, 4.69) is 40.0 Å². The zero-order chi connectivity index (χ0) is 34.5. The van der Waals surface area contributed by atoms with E-state index in [1.807, 2.05) is 13.8 Å². The largest absolute Gasteiger partial charge is 0.444 e. The number of amides is 1. The van der Waals surface area contributed by atoms with Crippen molar-refractivity contribution in [3.05, 3.63) is 42.1 Å². The Balaban J connectivity index is 1.58. The maximum Gasteiger partial charge on any atom is 0.434 e. The van der Waals surface area contributed by atoms with Gasteiger partial charge in [0.15, 0.2) is 17.2 Å².